The van der Waals surface area contributed by atoms with Gasteiger partial charge in [0, 0.05) is 24.0 Å². The van der Waals surface area contributed by atoms with Gasteiger partial charge in [-0.15, -0.1) is 0 Å². The van der Waals surface area contributed by atoms with Gasteiger partial charge >= 0.3 is 0 Å². The molecular formula is C15H21BrO3. The van der Waals surface area contributed by atoms with Crippen LogP contribution < -0.4 is 9.47 Å². The summed E-state index contributed by atoms with van der Waals surface area (Å²) in [5.41, 5.74) is 0.914. The average Bonchev–Trinajstić information content (AvgIpc) is 2.38. The SMILES string of the molecule is CCC(=O)C(c1cc(Br)c(OC)cc1OC)C(C)C. The number of ketones is 1. The molecule has 1 rings (SSSR count). The fourth-order valence-electron chi connectivity index (χ4n) is 2.25. The van der Waals surface area contributed by atoms with Crippen LogP contribution in [0.25, 0.3) is 0 Å². The summed E-state index contributed by atoms with van der Waals surface area (Å²) >= 11 is 3.47. The summed E-state index contributed by atoms with van der Waals surface area (Å²) in [5, 5.41) is 0. The molecule has 3 nitrogen and oxygen atoms in total. The Morgan fingerprint density at radius 2 is 1.79 bits per heavy atom. The first-order valence-electron chi connectivity index (χ1n) is 6.40. The van der Waals surface area contributed by atoms with Crippen LogP contribution in [0.3, 0.4) is 0 Å². The molecule has 0 N–H and O–H groups in total. The van der Waals surface area contributed by atoms with Crippen LogP contribution in [0.15, 0.2) is 16.6 Å². The highest BCUT2D eigenvalue weighted by atomic mass is 79.9. The zero-order valence-electron chi connectivity index (χ0n) is 12.1. The van der Waals surface area contributed by atoms with Gasteiger partial charge in [-0.1, -0.05) is 20.8 Å². The molecule has 0 heterocycles. The monoisotopic (exact) mass is 328 g/mol. The molecule has 0 aromatic heterocycles. The van der Waals surface area contributed by atoms with E-state index in [4.69, 9.17) is 9.47 Å². The van der Waals surface area contributed by atoms with Gasteiger partial charge in [-0.25, -0.2) is 0 Å². The quantitative estimate of drug-likeness (QED) is 0.785. The summed E-state index contributed by atoms with van der Waals surface area (Å²) in [5.74, 6) is 1.70. The van der Waals surface area contributed by atoms with Gasteiger partial charge in [0.2, 0.25) is 0 Å². The third-order valence-corrected chi connectivity index (χ3v) is 3.82. The molecule has 1 atom stereocenters. The molecule has 0 amide bonds. The second kappa shape index (κ2) is 6.94. The van der Waals surface area contributed by atoms with E-state index in [2.05, 4.69) is 29.8 Å². The molecule has 0 saturated carbocycles. The van der Waals surface area contributed by atoms with Gasteiger partial charge in [-0.05, 0) is 27.9 Å². The zero-order chi connectivity index (χ0) is 14.6. The van der Waals surface area contributed by atoms with Gasteiger partial charge in [0.05, 0.1) is 18.7 Å². The highest BCUT2D eigenvalue weighted by molar-refractivity contribution is 9.10. The Balaban J connectivity index is 3.37. The number of Topliss-reactive ketones (excluding diaryl/α,β-unsaturated/α-hetero) is 1. The van der Waals surface area contributed by atoms with E-state index in [9.17, 15) is 4.79 Å². The van der Waals surface area contributed by atoms with E-state index in [1.54, 1.807) is 14.2 Å². The maximum atomic E-state index is 12.2. The zero-order valence-corrected chi connectivity index (χ0v) is 13.7. The molecule has 1 aromatic carbocycles. The highest BCUT2D eigenvalue weighted by Crippen LogP contribution is 2.39. The third kappa shape index (κ3) is 3.50. The average molecular weight is 329 g/mol. The van der Waals surface area contributed by atoms with E-state index in [-0.39, 0.29) is 17.6 Å². The standard InChI is InChI=1S/C15H21BrO3/c1-6-12(17)15(9(2)3)10-7-11(16)14(19-5)8-13(10)18-4/h7-9,15H,6H2,1-5H3. The number of hydrogen-bond donors (Lipinski definition) is 0. The lowest BCUT2D eigenvalue weighted by atomic mass is 9.83. The van der Waals surface area contributed by atoms with Crippen molar-refractivity contribution in [3.8, 4) is 11.5 Å². The Hall–Kier alpha value is -1.03. The van der Waals surface area contributed by atoms with Crippen molar-refractivity contribution in [3.05, 3.63) is 22.2 Å². The number of hydrogen-bond acceptors (Lipinski definition) is 3. The van der Waals surface area contributed by atoms with E-state index >= 15 is 0 Å². The van der Waals surface area contributed by atoms with Crippen molar-refractivity contribution in [2.45, 2.75) is 33.1 Å². The molecule has 0 bridgehead atoms. The van der Waals surface area contributed by atoms with E-state index in [0.717, 1.165) is 10.0 Å². The van der Waals surface area contributed by atoms with Gasteiger partial charge in [-0.3, -0.25) is 4.79 Å². The highest BCUT2D eigenvalue weighted by Gasteiger charge is 2.26. The number of rotatable bonds is 6. The Kier molecular flexibility index (Phi) is 5.85. The van der Waals surface area contributed by atoms with E-state index in [1.807, 2.05) is 19.1 Å². The number of carbonyl (C=O) groups is 1. The summed E-state index contributed by atoms with van der Waals surface area (Å²) in [7, 11) is 3.22. The molecule has 0 aliphatic carbocycles. The van der Waals surface area contributed by atoms with Crippen LogP contribution in [0.2, 0.25) is 0 Å². The van der Waals surface area contributed by atoms with Crippen LogP contribution in [-0.4, -0.2) is 20.0 Å². The molecule has 0 spiro atoms. The van der Waals surface area contributed by atoms with Gasteiger partial charge in [0.25, 0.3) is 0 Å². The smallest absolute Gasteiger partial charge is 0.140 e. The molecule has 0 saturated heterocycles. The summed E-state index contributed by atoms with van der Waals surface area (Å²) in [4.78, 5) is 12.2. The number of benzene rings is 1. The van der Waals surface area contributed by atoms with Crippen LogP contribution in [0.1, 0.15) is 38.7 Å². The van der Waals surface area contributed by atoms with Gasteiger partial charge < -0.3 is 9.47 Å². The summed E-state index contributed by atoms with van der Waals surface area (Å²) in [6.07, 6.45) is 0.523. The molecule has 4 heteroatoms. The fraction of sp³-hybridized carbons (Fsp3) is 0.533. The lowest BCUT2D eigenvalue weighted by Gasteiger charge is -2.23. The minimum absolute atomic E-state index is 0.151. The molecule has 1 unspecified atom stereocenters. The van der Waals surface area contributed by atoms with Crippen molar-refractivity contribution in [1.29, 1.82) is 0 Å². The first kappa shape index (κ1) is 16.0. The Bertz CT molecular complexity index is 455. The molecule has 0 fully saturated rings. The number of ether oxygens (including phenoxy) is 2. The van der Waals surface area contributed by atoms with Crippen molar-refractivity contribution < 1.29 is 14.3 Å². The lowest BCUT2D eigenvalue weighted by Crippen LogP contribution is -2.18. The van der Waals surface area contributed by atoms with Crippen molar-refractivity contribution in [2.24, 2.45) is 5.92 Å². The first-order chi connectivity index (χ1) is 8.96. The Morgan fingerprint density at radius 3 is 2.21 bits per heavy atom. The molecule has 0 aliphatic heterocycles. The van der Waals surface area contributed by atoms with E-state index in [0.29, 0.717) is 17.9 Å². The van der Waals surface area contributed by atoms with Crippen LogP contribution in [0, 0.1) is 5.92 Å². The summed E-state index contributed by atoms with van der Waals surface area (Å²) in [6, 6.07) is 3.74. The topological polar surface area (TPSA) is 35.5 Å². The lowest BCUT2D eigenvalue weighted by molar-refractivity contribution is -0.121. The molecule has 1 aromatic rings. The molecular weight excluding hydrogens is 308 g/mol. The number of halogens is 1. The van der Waals surface area contributed by atoms with Gasteiger partial charge in [0.15, 0.2) is 0 Å². The van der Waals surface area contributed by atoms with Crippen LogP contribution in [0.5, 0.6) is 11.5 Å². The van der Waals surface area contributed by atoms with E-state index in [1.165, 1.54) is 0 Å². The maximum absolute atomic E-state index is 12.2. The normalized spacial score (nSPS) is 12.4. The molecule has 19 heavy (non-hydrogen) atoms. The minimum atomic E-state index is -0.151. The second-order valence-corrected chi connectivity index (χ2v) is 5.62. The number of carbonyl (C=O) groups excluding carboxylic acids is 1. The summed E-state index contributed by atoms with van der Waals surface area (Å²) in [6.45, 7) is 5.99. The predicted molar refractivity (Wildman–Crippen MR) is 80.1 cm³/mol. The van der Waals surface area contributed by atoms with Crippen molar-refractivity contribution in [1.82, 2.24) is 0 Å². The Morgan fingerprint density at radius 1 is 1.21 bits per heavy atom. The Labute approximate surface area is 123 Å². The fourth-order valence-corrected chi connectivity index (χ4v) is 2.77. The van der Waals surface area contributed by atoms with Crippen LogP contribution in [-0.2, 0) is 4.79 Å². The molecule has 0 radical (unpaired) electrons. The summed E-state index contributed by atoms with van der Waals surface area (Å²) < 4.78 is 11.5. The largest absolute Gasteiger partial charge is 0.496 e. The molecule has 106 valence electrons. The van der Waals surface area contributed by atoms with Gasteiger partial charge in [0.1, 0.15) is 17.3 Å². The predicted octanol–water partition coefficient (Wildman–Crippen LogP) is 4.19. The maximum Gasteiger partial charge on any atom is 0.140 e. The number of methoxy groups -OCH3 is 2. The van der Waals surface area contributed by atoms with E-state index < -0.39 is 0 Å². The van der Waals surface area contributed by atoms with Crippen molar-refractivity contribution in [2.75, 3.05) is 14.2 Å². The van der Waals surface area contributed by atoms with Crippen LogP contribution in [0.4, 0.5) is 0 Å². The second-order valence-electron chi connectivity index (χ2n) is 4.77. The van der Waals surface area contributed by atoms with Crippen molar-refractivity contribution in [3.63, 3.8) is 0 Å². The van der Waals surface area contributed by atoms with Crippen molar-refractivity contribution >= 4 is 21.7 Å². The van der Waals surface area contributed by atoms with Crippen LogP contribution >= 0.6 is 15.9 Å². The first-order valence-corrected chi connectivity index (χ1v) is 7.19. The third-order valence-electron chi connectivity index (χ3n) is 3.20. The molecule has 0 aliphatic rings. The minimum Gasteiger partial charge on any atom is -0.496 e. The van der Waals surface area contributed by atoms with Gasteiger partial charge in [-0.2, -0.15) is 0 Å².